The first-order valence-electron chi connectivity index (χ1n) is 9.74. The van der Waals surface area contributed by atoms with Crippen molar-refractivity contribution < 1.29 is 9.59 Å². The Morgan fingerprint density at radius 1 is 0.926 bits per heavy atom. The zero-order chi connectivity index (χ0) is 19.6. The summed E-state index contributed by atoms with van der Waals surface area (Å²) in [5.74, 6) is -0.608. The van der Waals surface area contributed by atoms with Gasteiger partial charge >= 0.3 is 0 Å². The molecular weight excluding hydrogens is 336 g/mol. The molecule has 0 spiro atoms. The van der Waals surface area contributed by atoms with E-state index in [1.54, 1.807) is 0 Å². The van der Waals surface area contributed by atoms with E-state index >= 15 is 0 Å². The highest BCUT2D eigenvalue weighted by Crippen LogP contribution is 2.41. The van der Waals surface area contributed by atoms with Gasteiger partial charge in [-0.15, -0.1) is 0 Å². The maximum Gasteiger partial charge on any atom is 0.228 e. The third-order valence-electron chi connectivity index (χ3n) is 5.36. The highest BCUT2D eigenvalue weighted by atomic mass is 16.2. The molecule has 2 amide bonds. The maximum atomic E-state index is 12.7. The summed E-state index contributed by atoms with van der Waals surface area (Å²) in [5.41, 5.74) is 6.16. The second-order valence-corrected chi connectivity index (χ2v) is 7.40. The Balaban J connectivity index is 1.66. The van der Waals surface area contributed by atoms with Crippen LogP contribution in [0.15, 0.2) is 36.4 Å². The van der Waals surface area contributed by atoms with Crippen molar-refractivity contribution in [2.75, 3.05) is 10.6 Å². The number of anilines is 2. The molecule has 3 rings (SSSR count). The maximum absolute atomic E-state index is 12.7. The van der Waals surface area contributed by atoms with Gasteiger partial charge in [-0.1, -0.05) is 44.2 Å². The number of hydrogen-bond acceptors (Lipinski definition) is 2. The zero-order valence-electron chi connectivity index (χ0n) is 16.6. The lowest BCUT2D eigenvalue weighted by atomic mass is 10.0. The molecule has 142 valence electrons. The van der Waals surface area contributed by atoms with Gasteiger partial charge in [0.15, 0.2) is 0 Å². The van der Waals surface area contributed by atoms with E-state index in [9.17, 15) is 9.59 Å². The van der Waals surface area contributed by atoms with Crippen molar-refractivity contribution in [1.82, 2.24) is 0 Å². The lowest BCUT2D eigenvalue weighted by Gasteiger charge is -2.14. The minimum atomic E-state index is -0.247. The zero-order valence-corrected chi connectivity index (χ0v) is 16.6. The third-order valence-corrected chi connectivity index (χ3v) is 5.36. The SMILES string of the molecule is CCc1cccc(CC)c1NC(=O)C1CC1C(=O)Nc1cc(C)ccc1C. The monoisotopic (exact) mass is 364 g/mol. The molecular formula is C23H28N2O2. The van der Waals surface area contributed by atoms with Crippen LogP contribution in [-0.4, -0.2) is 11.8 Å². The summed E-state index contributed by atoms with van der Waals surface area (Å²) in [7, 11) is 0. The van der Waals surface area contributed by atoms with Gasteiger partial charge in [-0.05, 0) is 61.4 Å². The molecule has 4 nitrogen and oxygen atoms in total. The van der Waals surface area contributed by atoms with Crippen LogP contribution in [0.1, 0.15) is 42.5 Å². The van der Waals surface area contributed by atoms with Crippen LogP contribution in [0, 0.1) is 25.7 Å². The molecule has 2 aromatic carbocycles. The molecule has 4 heteroatoms. The van der Waals surface area contributed by atoms with E-state index in [1.807, 2.05) is 50.2 Å². The van der Waals surface area contributed by atoms with Crippen LogP contribution in [0.2, 0.25) is 0 Å². The first-order valence-corrected chi connectivity index (χ1v) is 9.74. The van der Waals surface area contributed by atoms with Crippen LogP contribution >= 0.6 is 0 Å². The van der Waals surface area contributed by atoms with Gasteiger partial charge in [-0.25, -0.2) is 0 Å². The third kappa shape index (κ3) is 4.21. The fraction of sp³-hybridized carbons (Fsp3) is 0.391. The summed E-state index contributed by atoms with van der Waals surface area (Å²) in [6.45, 7) is 8.14. The average Bonchev–Trinajstić information content (AvgIpc) is 3.46. The van der Waals surface area contributed by atoms with Crippen LogP contribution < -0.4 is 10.6 Å². The van der Waals surface area contributed by atoms with Gasteiger partial charge in [0, 0.05) is 11.4 Å². The molecule has 27 heavy (non-hydrogen) atoms. The van der Waals surface area contributed by atoms with Gasteiger partial charge < -0.3 is 10.6 Å². The fourth-order valence-electron chi connectivity index (χ4n) is 3.49. The van der Waals surface area contributed by atoms with Crippen molar-refractivity contribution in [2.24, 2.45) is 11.8 Å². The second-order valence-electron chi connectivity index (χ2n) is 7.40. The summed E-state index contributed by atoms with van der Waals surface area (Å²) in [6.07, 6.45) is 2.34. The van der Waals surface area contributed by atoms with E-state index in [4.69, 9.17) is 0 Å². The number of nitrogens with one attached hydrogen (secondary N) is 2. The summed E-state index contributed by atoms with van der Waals surface area (Å²) < 4.78 is 0. The van der Waals surface area contributed by atoms with Gasteiger partial charge in [0.2, 0.25) is 11.8 Å². The second kappa shape index (κ2) is 7.95. The molecule has 1 aliphatic rings. The van der Waals surface area contributed by atoms with Crippen LogP contribution in [0.4, 0.5) is 11.4 Å². The van der Waals surface area contributed by atoms with Crippen LogP contribution in [-0.2, 0) is 22.4 Å². The van der Waals surface area contributed by atoms with Crippen LogP contribution in [0.5, 0.6) is 0 Å². The van der Waals surface area contributed by atoms with E-state index in [0.717, 1.165) is 46.5 Å². The van der Waals surface area contributed by atoms with Gasteiger partial charge in [-0.3, -0.25) is 9.59 Å². The molecule has 1 aliphatic carbocycles. The first-order chi connectivity index (χ1) is 12.9. The van der Waals surface area contributed by atoms with Gasteiger partial charge in [0.05, 0.1) is 11.8 Å². The Morgan fingerprint density at radius 2 is 1.52 bits per heavy atom. The predicted molar refractivity (Wildman–Crippen MR) is 110 cm³/mol. The number of para-hydroxylation sites is 1. The topological polar surface area (TPSA) is 58.2 Å². The molecule has 0 bridgehead atoms. The largest absolute Gasteiger partial charge is 0.326 e. The molecule has 1 saturated carbocycles. The molecule has 0 radical (unpaired) electrons. The molecule has 2 unspecified atom stereocenters. The van der Waals surface area contributed by atoms with E-state index in [1.165, 1.54) is 0 Å². The minimum absolute atomic E-state index is 0.0493. The van der Waals surface area contributed by atoms with Crippen molar-refractivity contribution in [1.29, 1.82) is 0 Å². The number of benzene rings is 2. The van der Waals surface area contributed by atoms with Crippen molar-refractivity contribution >= 4 is 23.2 Å². The normalized spacial score (nSPS) is 18.1. The van der Waals surface area contributed by atoms with E-state index in [-0.39, 0.29) is 23.7 Å². The highest BCUT2D eigenvalue weighted by Gasteiger charge is 2.48. The summed E-state index contributed by atoms with van der Waals surface area (Å²) in [6, 6.07) is 12.1. The number of aryl methyl sites for hydroxylation is 4. The van der Waals surface area contributed by atoms with Crippen molar-refractivity contribution in [3.8, 4) is 0 Å². The fourth-order valence-corrected chi connectivity index (χ4v) is 3.49. The average molecular weight is 364 g/mol. The summed E-state index contributed by atoms with van der Waals surface area (Å²) in [4.78, 5) is 25.3. The van der Waals surface area contributed by atoms with Crippen LogP contribution in [0.3, 0.4) is 0 Å². The van der Waals surface area contributed by atoms with Gasteiger partial charge in [0.25, 0.3) is 0 Å². The standard InChI is InChI=1S/C23H28N2O2/c1-5-16-8-7-9-17(6-2)21(16)25-23(27)19-13-18(19)22(26)24-20-12-14(3)10-11-15(20)4/h7-12,18-19H,5-6,13H2,1-4H3,(H,24,26)(H,25,27). The summed E-state index contributed by atoms with van der Waals surface area (Å²) >= 11 is 0. The van der Waals surface area contributed by atoms with Gasteiger partial charge in [-0.2, -0.15) is 0 Å². The van der Waals surface area contributed by atoms with Crippen molar-refractivity contribution in [3.63, 3.8) is 0 Å². The first kappa shape index (κ1) is 19.2. The molecule has 1 fully saturated rings. The Labute approximate surface area is 161 Å². The summed E-state index contributed by atoms with van der Waals surface area (Å²) in [5, 5.41) is 6.08. The molecule has 0 aliphatic heterocycles. The molecule has 2 N–H and O–H groups in total. The molecule has 0 saturated heterocycles. The van der Waals surface area contributed by atoms with E-state index in [0.29, 0.717) is 6.42 Å². The van der Waals surface area contributed by atoms with Crippen LogP contribution in [0.25, 0.3) is 0 Å². The number of carbonyl (C=O) groups excluding carboxylic acids is 2. The Hall–Kier alpha value is -2.62. The molecule has 0 aromatic heterocycles. The highest BCUT2D eigenvalue weighted by molar-refractivity contribution is 6.04. The Morgan fingerprint density at radius 3 is 2.11 bits per heavy atom. The smallest absolute Gasteiger partial charge is 0.228 e. The lowest BCUT2D eigenvalue weighted by Crippen LogP contribution is -2.22. The Kier molecular flexibility index (Phi) is 5.64. The molecule has 2 atom stereocenters. The molecule has 0 heterocycles. The van der Waals surface area contributed by atoms with E-state index < -0.39 is 0 Å². The lowest BCUT2D eigenvalue weighted by molar-refractivity contribution is -0.122. The van der Waals surface area contributed by atoms with Gasteiger partial charge in [0.1, 0.15) is 0 Å². The number of carbonyl (C=O) groups is 2. The van der Waals surface area contributed by atoms with Crippen molar-refractivity contribution in [3.05, 3.63) is 58.7 Å². The number of amides is 2. The quantitative estimate of drug-likeness (QED) is 0.784. The number of hydrogen-bond donors (Lipinski definition) is 2. The predicted octanol–water partition coefficient (Wildman–Crippen LogP) is 4.64. The number of rotatable bonds is 6. The van der Waals surface area contributed by atoms with E-state index in [2.05, 4.69) is 24.5 Å². The molecule has 2 aromatic rings. The van der Waals surface area contributed by atoms with Crippen molar-refractivity contribution in [2.45, 2.75) is 47.0 Å². The Bertz CT molecular complexity index is 850. The minimum Gasteiger partial charge on any atom is -0.326 e.